The molecule has 0 aliphatic carbocycles. The van der Waals surface area contributed by atoms with Crippen LogP contribution in [-0.4, -0.2) is 59.0 Å². The number of ether oxygens (including phenoxy) is 2. The fourth-order valence-corrected chi connectivity index (χ4v) is 10.8. The summed E-state index contributed by atoms with van der Waals surface area (Å²) in [7, 11) is 0. The third kappa shape index (κ3) is 27.6. The molecule has 0 aliphatic rings. The van der Waals surface area contributed by atoms with E-state index in [2.05, 4.69) is 87.7 Å². The number of hydroxylamine groups is 1. The van der Waals surface area contributed by atoms with Crippen LogP contribution in [0, 0.1) is 19.7 Å². The second kappa shape index (κ2) is 44.0. The van der Waals surface area contributed by atoms with Crippen LogP contribution in [-0.2, 0) is 24.0 Å². The SMILES string of the molecule is CCCCCCCCc1ccc(-c2ccc(C(=O)O)cc2F)cc1.CCCCCCCc1ccc(-c2ccc(C(=O)NN)cc2)cc1.CCCCCCCc1ccc(-c2ccc(C(=O)NO)cc2)cc1.CCCCOCCOc1cc(C)c(-c2ccc(C(=O)O)cc2)cc1C. The average molecular weight is 1290 g/mol. The zero-order valence-electron chi connectivity index (χ0n) is 57.0. The molecule has 12 nitrogen and oxygen atoms in total. The van der Waals surface area contributed by atoms with Crippen LogP contribution in [0.5, 0.6) is 5.75 Å². The van der Waals surface area contributed by atoms with Crippen molar-refractivity contribution in [1.82, 2.24) is 10.9 Å². The number of nitrogens with one attached hydrogen (secondary N) is 2. The highest BCUT2D eigenvalue weighted by molar-refractivity contribution is 5.95. The van der Waals surface area contributed by atoms with Crippen molar-refractivity contribution < 1.29 is 48.5 Å². The van der Waals surface area contributed by atoms with E-state index in [1.165, 1.54) is 137 Å². The fourth-order valence-electron chi connectivity index (χ4n) is 10.8. The van der Waals surface area contributed by atoms with Crippen molar-refractivity contribution in [3.63, 3.8) is 0 Å². The smallest absolute Gasteiger partial charge is 0.335 e. The average Bonchev–Trinajstić information content (AvgIpc) is 1.22. The summed E-state index contributed by atoms with van der Waals surface area (Å²) in [5.41, 5.74) is 19.0. The Morgan fingerprint density at radius 1 is 0.389 bits per heavy atom. The Hall–Kier alpha value is -8.75. The second-order valence-electron chi connectivity index (χ2n) is 24.1. The lowest BCUT2D eigenvalue weighted by molar-refractivity contribution is 0.0686. The zero-order chi connectivity index (χ0) is 68.6. The van der Waals surface area contributed by atoms with Gasteiger partial charge in [-0.3, -0.25) is 20.2 Å². The monoisotopic (exact) mass is 1290 g/mol. The van der Waals surface area contributed by atoms with Crippen molar-refractivity contribution in [2.45, 2.75) is 176 Å². The van der Waals surface area contributed by atoms with E-state index in [9.17, 15) is 23.6 Å². The van der Waals surface area contributed by atoms with E-state index in [1.807, 2.05) is 80.6 Å². The molecule has 0 aliphatic heterocycles. The van der Waals surface area contributed by atoms with Gasteiger partial charge in [0, 0.05) is 23.3 Å². The van der Waals surface area contributed by atoms with E-state index < -0.39 is 23.7 Å². The van der Waals surface area contributed by atoms with Gasteiger partial charge in [-0.2, -0.15) is 0 Å². The number of carbonyl (C=O) groups is 4. The molecule has 7 N–H and O–H groups in total. The number of unbranched alkanes of at least 4 members (excludes halogenated alkanes) is 14. The molecule has 506 valence electrons. The Kier molecular flexibility index (Phi) is 35.7. The molecule has 8 aromatic carbocycles. The second-order valence-corrected chi connectivity index (χ2v) is 24.1. The summed E-state index contributed by atoms with van der Waals surface area (Å²) in [6.45, 7) is 14.8. The first-order chi connectivity index (χ1) is 46.1. The number of nitrogen functional groups attached to an aromatic ring is 1. The molecule has 0 radical (unpaired) electrons. The maximum absolute atomic E-state index is 14.1. The summed E-state index contributed by atoms with van der Waals surface area (Å²) >= 11 is 0. The first-order valence-corrected chi connectivity index (χ1v) is 34.2. The Balaban J connectivity index is 0.000000229. The van der Waals surface area contributed by atoms with Crippen LogP contribution in [0.15, 0.2) is 176 Å². The van der Waals surface area contributed by atoms with Gasteiger partial charge in [-0.25, -0.2) is 25.3 Å². The third-order valence-corrected chi connectivity index (χ3v) is 16.6. The number of hydrogen-bond donors (Lipinski definition) is 6. The minimum Gasteiger partial charge on any atom is -0.491 e. The Bertz CT molecular complexity index is 3400. The number of carboxylic acid groups (broad SMARTS) is 2. The summed E-state index contributed by atoms with van der Waals surface area (Å²) in [5, 5.41) is 26.5. The first kappa shape index (κ1) is 77.0. The van der Waals surface area contributed by atoms with Gasteiger partial charge < -0.3 is 19.7 Å². The first-order valence-electron chi connectivity index (χ1n) is 34.2. The lowest BCUT2D eigenvalue weighted by Gasteiger charge is -2.14. The van der Waals surface area contributed by atoms with Gasteiger partial charge >= 0.3 is 11.9 Å². The summed E-state index contributed by atoms with van der Waals surface area (Å²) in [4.78, 5) is 44.6. The zero-order valence-corrected chi connectivity index (χ0v) is 57.0. The molecule has 0 atom stereocenters. The lowest BCUT2D eigenvalue weighted by atomic mass is 9.97. The highest BCUT2D eigenvalue weighted by Crippen LogP contribution is 2.31. The molecule has 8 rings (SSSR count). The summed E-state index contributed by atoms with van der Waals surface area (Å²) in [6, 6.07) is 55.0. The quantitative estimate of drug-likeness (QED) is 0.00742. The molecule has 0 unspecified atom stereocenters. The minimum atomic E-state index is -1.12. The number of carbonyl (C=O) groups excluding carboxylic acids is 2. The number of halogens is 1. The van der Waals surface area contributed by atoms with Crippen molar-refractivity contribution in [2.75, 3.05) is 19.8 Å². The normalized spacial score (nSPS) is 10.6. The van der Waals surface area contributed by atoms with E-state index in [0.717, 1.165) is 95.0 Å². The number of carboxylic acids is 2. The molecule has 0 spiro atoms. The molecular formula is C82H102FN3O9. The Morgan fingerprint density at radius 2 is 0.758 bits per heavy atom. The molecule has 0 fully saturated rings. The summed E-state index contributed by atoms with van der Waals surface area (Å²) < 4.78 is 25.4. The van der Waals surface area contributed by atoms with Crippen LogP contribution in [0.2, 0.25) is 0 Å². The number of aryl methyl sites for hydroxylation is 5. The van der Waals surface area contributed by atoms with E-state index in [0.29, 0.717) is 35.5 Å². The van der Waals surface area contributed by atoms with E-state index in [1.54, 1.807) is 41.9 Å². The molecule has 0 heterocycles. The predicted octanol–water partition coefficient (Wildman–Crippen LogP) is 20.4. The number of amides is 2. The van der Waals surface area contributed by atoms with Crippen LogP contribution in [0.3, 0.4) is 0 Å². The minimum absolute atomic E-state index is 0.0315. The van der Waals surface area contributed by atoms with Gasteiger partial charge in [-0.1, -0.05) is 233 Å². The van der Waals surface area contributed by atoms with Crippen molar-refractivity contribution >= 4 is 23.8 Å². The van der Waals surface area contributed by atoms with E-state index in [4.69, 9.17) is 30.7 Å². The molecule has 13 heteroatoms. The maximum atomic E-state index is 14.1. The van der Waals surface area contributed by atoms with Gasteiger partial charge in [0.05, 0.1) is 17.7 Å². The summed E-state index contributed by atoms with van der Waals surface area (Å²) in [5.74, 6) is 2.71. The van der Waals surface area contributed by atoms with Gasteiger partial charge in [0.25, 0.3) is 11.8 Å². The van der Waals surface area contributed by atoms with Crippen LogP contribution < -0.4 is 21.5 Å². The van der Waals surface area contributed by atoms with Crippen molar-refractivity contribution in [1.29, 1.82) is 0 Å². The van der Waals surface area contributed by atoms with Crippen molar-refractivity contribution in [2.24, 2.45) is 5.84 Å². The standard InChI is InChI=1S/C21H25FO2.C21H26O4.C20H26N2O.C20H25NO2/c1-2-3-4-5-6-7-8-16-9-11-17(12-10-16)19-14-13-18(21(23)24)15-20(19)22;1-4-5-10-24-11-12-25-20-14-15(2)19(13-16(20)3)17-6-8-18(9-7-17)21(22)23;1-2-3-4-5-6-7-16-8-10-17(11-9-16)18-12-14-19(15-13-18)20(23)22-21;1-2-3-4-5-6-7-16-8-10-17(11-9-16)18-12-14-19(15-13-18)20(22)21-23/h9-15H,2-8H2,1H3,(H,23,24);6-9,13-14H,4-5,10-12H2,1-3H3,(H,22,23);8-15H,2-7,21H2,1H3,(H,22,23);8-15,23H,2-7H2,1H3,(H,21,22). The molecular weight excluding hydrogens is 1190 g/mol. The van der Waals surface area contributed by atoms with Gasteiger partial charge in [-0.05, 0) is 186 Å². The van der Waals surface area contributed by atoms with Gasteiger partial charge in [0.2, 0.25) is 0 Å². The van der Waals surface area contributed by atoms with Gasteiger partial charge in [0.1, 0.15) is 18.2 Å². The third-order valence-electron chi connectivity index (χ3n) is 16.6. The van der Waals surface area contributed by atoms with Gasteiger partial charge in [-0.15, -0.1) is 0 Å². The lowest BCUT2D eigenvalue weighted by Crippen LogP contribution is -2.29. The number of hydrogen-bond acceptors (Lipinski definition) is 8. The largest absolute Gasteiger partial charge is 0.491 e. The molecule has 0 saturated heterocycles. The van der Waals surface area contributed by atoms with Gasteiger partial charge in [0.15, 0.2) is 0 Å². The highest BCUT2D eigenvalue weighted by Gasteiger charge is 2.13. The molecule has 0 aromatic heterocycles. The topological polar surface area (TPSA) is 198 Å². The van der Waals surface area contributed by atoms with Crippen molar-refractivity contribution in [3.8, 4) is 50.3 Å². The predicted molar refractivity (Wildman–Crippen MR) is 385 cm³/mol. The fraction of sp³-hybridized carbons (Fsp3) is 0.366. The molecule has 95 heavy (non-hydrogen) atoms. The number of hydrazine groups is 1. The summed E-state index contributed by atoms with van der Waals surface area (Å²) in [6.07, 6.45) is 26.3. The van der Waals surface area contributed by atoms with E-state index >= 15 is 0 Å². The molecule has 0 saturated carbocycles. The highest BCUT2D eigenvalue weighted by atomic mass is 19.1. The molecule has 0 bridgehead atoms. The van der Waals surface area contributed by atoms with Crippen LogP contribution in [0.4, 0.5) is 4.39 Å². The number of nitrogens with two attached hydrogens (primary N) is 1. The number of aromatic carboxylic acids is 2. The number of benzene rings is 8. The van der Waals surface area contributed by atoms with Crippen molar-refractivity contribution in [3.05, 3.63) is 232 Å². The maximum Gasteiger partial charge on any atom is 0.335 e. The van der Waals surface area contributed by atoms with Crippen LogP contribution >= 0.6 is 0 Å². The molecule has 2 amide bonds. The Labute approximate surface area is 564 Å². The number of rotatable bonds is 34. The van der Waals surface area contributed by atoms with Crippen LogP contribution in [0.25, 0.3) is 44.5 Å². The van der Waals surface area contributed by atoms with Crippen LogP contribution in [0.1, 0.15) is 213 Å². The Morgan fingerprint density at radius 3 is 1.17 bits per heavy atom. The molecule has 8 aromatic rings. The van der Waals surface area contributed by atoms with E-state index in [-0.39, 0.29) is 11.5 Å².